The summed E-state index contributed by atoms with van der Waals surface area (Å²) in [5.41, 5.74) is 8.21. The van der Waals surface area contributed by atoms with E-state index in [2.05, 4.69) is 36.2 Å². The van der Waals surface area contributed by atoms with Crippen molar-refractivity contribution in [1.29, 1.82) is 0 Å². The number of benzene rings is 4. The van der Waals surface area contributed by atoms with Crippen molar-refractivity contribution < 1.29 is 4.92 Å². The standard InChI is InChI=1S/C33H27N7O2/c1-20-16-17-24(18-21(20)2)34-31-33-36-32-29(22(3)37-39(32)25-11-5-4-6-12-25)30(23-10-9-13-26(19-23)40(41)42)38(33)28-15-8-7-14-27(28)35-31/h4-19,30H,1-3H3,(H,34,35)/t30-/m0/s1. The number of anilines is 2. The Balaban J connectivity index is 1.50. The van der Waals surface area contributed by atoms with Gasteiger partial charge in [0.1, 0.15) is 0 Å². The minimum atomic E-state index is -0.446. The quantitative estimate of drug-likeness (QED) is 0.183. The van der Waals surface area contributed by atoms with E-state index in [1.807, 2.05) is 78.3 Å². The van der Waals surface area contributed by atoms with Crippen LogP contribution in [0.1, 0.15) is 34.0 Å². The van der Waals surface area contributed by atoms with Gasteiger partial charge in [0.2, 0.25) is 0 Å². The van der Waals surface area contributed by atoms with Crippen LogP contribution in [0.5, 0.6) is 0 Å². The van der Waals surface area contributed by atoms with E-state index in [1.165, 1.54) is 11.6 Å². The molecule has 0 saturated carbocycles. The van der Waals surface area contributed by atoms with Gasteiger partial charge in [0.25, 0.3) is 5.69 Å². The first-order chi connectivity index (χ1) is 20.4. The van der Waals surface area contributed by atoms with Gasteiger partial charge in [0, 0.05) is 23.4 Å². The second kappa shape index (κ2) is 9.81. The Morgan fingerprint density at radius 2 is 1.62 bits per heavy atom. The Hall–Kier alpha value is -5.57. The Morgan fingerprint density at radius 3 is 2.40 bits per heavy atom. The molecule has 0 unspecified atom stereocenters. The lowest BCUT2D eigenvalue weighted by molar-refractivity contribution is -0.384. The van der Waals surface area contributed by atoms with Gasteiger partial charge in [-0.05, 0) is 73.9 Å². The molecule has 0 amide bonds. The third kappa shape index (κ3) is 4.14. The Labute approximate surface area is 242 Å². The minimum absolute atomic E-state index is 0.0265. The van der Waals surface area contributed by atoms with Crippen molar-refractivity contribution in [3.05, 3.63) is 135 Å². The lowest BCUT2D eigenvalue weighted by Gasteiger charge is -2.40. The van der Waals surface area contributed by atoms with Crippen LogP contribution in [0.4, 0.5) is 28.6 Å². The highest BCUT2D eigenvalue weighted by Crippen LogP contribution is 2.48. The molecule has 1 N–H and O–H groups in total. The normalized spacial score (nSPS) is 15.2. The van der Waals surface area contributed by atoms with E-state index in [-0.39, 0.29) is 10.6 Å². The van der Waals surface area contributed by atoms with Crippen LogP contribution in [0.2, 0.25) is 0 Å². The predicted molar refractivity (Wildman–Crippen MR) is 166 cm³/mol. The Morgan fingerprint density at radius 1 is 0.833 bits per heavy atom. The van der Waals surface area contributed by atoms with E-state index in [1.54, 1.807) is 12.1 Å². The number of hydrogen-bond donors (Lipinski definition) is 1. The molecule has 5 aromatic rings. The van der Waals surface area contributed by atoms with Gasteiger partial charge >= 0.3 is 0 Å². The zero-order chi connectivity index (χ0) is 29.0. The monoisotopic (exact) mass is 553 g/mol. The molecule has 0 bridgehead atoms. The zero-order valence-electron chi connectivity index (χ0n) is 23.3. The number of fused-ring (bicyclic) bond motifs is 4. The van der Waals surface area contributed by atoms with Crippen molar-refractivity contribution in [2.75, 3.05) is 10.2 Å². The molecule has 0 saturated heterocycles. The van der Waals surface area contributed by atoms with Crippen LogP contribution in [0.15, 0.2) is 107 Å². The molecule has 9 nitrogen and oxygen atoms in total. The predicted octanol–water partition coefficient (Wildman–Crippen LogP) is 7.50. The molecule has 0 fully saturated rings. The molecule has 0 radical (unpaired) electrons. The summed E-state index contributed by atoms with van der Waals surface area (Å²) in [7, 11) is 0. The molecule has 206 valence electrons. The maximum absolute atomic E-state index is 11.8. The van der Waals surface area contributed by atoms with E-state index in [0.29, 0.717) is 17.5 Å². The molecule has 0 spiro atoms. The SMILES string of the molecule is Cc1ccc(NC2=Nc3ccccc3N3C2=Nc2c(c(C)nn2-c2ccccc2)[C@@H]3c2cccc([N+](=O)[O-])c2)cc1C. The van der Waals surface area contributed by atoms with Gasteiger partial charge in [-0.3, -0.25) is 10.1 Å². The number of amidine groups is 2. The van der Waals surface area contributed by atoms with Crippen LogP contribution >= 0.6 is 0 Å². The summed E-state index contributed by atoms with van der Waals surface area (Å²) >= 11 is 0. The lowest BCUT2D eigenvalue weighted by atomic mass is 9.93. The third-order valence-electron chi connectivity index (χ3n) is 7.81. The highest BCUT2D eigenvalue weighted by Gasteiger charge is 2.41. The molecular weight excluding hydrogens is 526 g/mol. The number of non-ortho nitro benzene ring substituents is 1. The topological polar surface area (TPSA) is 101 Å². The number of nitro groups is 1. The first kappa shape index (κ1) is 25.4. The number of rotatable bonds is 4. The maximum atomic E-state index is 11.8. The van der Waals surface area contributed by atoms with E-state index in [9.17, 15) is 10.1 Å². The fourth-order valence-electron chi connectivity index (χ4n) is 5.63. The van der Waals surface area contributed by atoms with Crippen molar-refractivity contribution in [3.8, 4) is 5.69 Å². The summed E-state index contributed by atoms with van der Waals surface area (Å²) in [6.07, 6.45) is 0. The molecule has 0 aliphatic carbocycles. The Kier molecular flexibility index (Phi) is 5.93. The summed E-state index contributed by atoms with van der Waals surface area (Å²) in [4.78, 5) is 23.9. The van der Waals surface area contributed by atoms with Gasteiger partial charge in [-0.15, -0.1) is 0 Å². The van der Waals surface area contributed by atoms with E-state index in [4.69, 9.17) is 15.1 Å². The highest BCUT2D eigenvalue weighted by atomic mass is 16.6. The van der Waals surface area contributed by atoms with Crippen molar-refractivity contribution in [2.45, 2.75) is 26.8 Å². The fourth-order valence-corrected chi connectivity index (χ4v) is 5.63. The second-order valence-electron chi connectivity index (χ2n) is 10.5. The molecule has 1 aromatic heterocycles. The number of nitro benzene ring substituents is 1. The van der Waals surface area contributed by atoms with E-state index >= 15 is 0 Å². The number of aliphatic imine (C=N–C) groups is 2. The number of hydrogen-bond acceptors (Lipinski definition) is 7. The van der Waals surface area contributed by atoms with Gasteiger partial charge in [-0.25, -0.2) is 14.7 Å². The molecule has 4 aromatic carbocycles. The number of para-hydroxylation sites is 3. The molecule has 1 atom stereocenters. The van der Waals surface area contributed by atoms with Crippen LogP contribution in [-0.2, 0) is 0 Å². The summed E-state index contributed by atoms with van der Waals surface area (Å²) in [6.45, 7) is 6.12. The van der Waals surface area contributed by atoms with Crippen molar-refractivity contribution in [2.24, 2.45) is 9.98 Å². The van der Waals surface area contributed by atoms with Crippen LogP contribution in [0, 0.1) is 30.9 Å². The molecule has 2 aliphatic heterocycles. The van der Waals surface area contributed by atoms with Crippen LogP contribution in [0.25, 0.3) is 5.69 Å². The fraction of sp³-hybridized carbons (Fsp3) is 0.121. The van der Waals surface area contributed by atoms with Crippen molar-refractivity contribution >= 4 is 40.2 Å². The molecule has 42 heavy (non-hydrogen) atoms. The van der Waals surface area contributed by atoms with E-state index < -0.39 is 6.04 Å². The second-order valence-corrected chi connectivity index (χ2v) is 10.5. The number of nitrogens with zero attached hydrogens (tertiary/aromatic N) is 6. The third-order valence-corrected chi connectivity index (χ3v) is 7.81. The van der Waals surface area contributed by atoms with Gasteiger partial charge in [-0.1, -0.05) is 48.5 Å². The average molecular weight is 554 g/mol. The smallest absolute Gasteiger partial charge is 0.269 e. The number of aryl methyl sites for hydroxylation is 3. The summed E-state index contributed by atoms with van der Waals surface area (Å²) in [5.74, 6) is 1.85. The number of nitrogens with one attached hydrogen (secondary N) is 1. The summed E-state index contributed by atoms with van der Waals surface area (Å²) in [5, 5.41) is 20.3. The summed E-state index contributed by atoms with van der Waals surface area (Å²) < 4.78 is 1.84. The highest BCUT2D eigenvalue weighted by molar-refractivity contribution is 6.51. The zero-order valence-corrected chi connectivity index (χ0v) is 23.3. The first-order valence-electron chi connectivity index (χ1n) is 13.7. The van der Waals surface area contributed by atoms with Crippen LogP contribution < -0.4 is 10.2 Å². The van der Waals surface area contributed by atoms with Crippen LogP contribution in [0.3, 0.4) is 0 Å². The largest absolute Gasteiger partial charge is 0.337 e. The molecule has 2 aliphatic rings. The van der Waals surface area contributed by atoms with Gasteiger partial charge in [-0.2, -0.15) is 5.10 Å². The molecular formula is C33H27N7O2. The maximum Gasteiger partial charge on any atom is 0.269 e. The summed E-state index contributed by atoms with van der Waals surface area (Å²) in [6, 6.07) is 30.3. The van der Waals surface area contributed by atoms with Crippen molar-refractivity contribution in [1.82, 2.24) is 9.78 Å². The van der Waals surface area contributed by atoms with Crippen LogP contribution in [-0.4, -0.2) is 26.4 Å². The average Bonchev–Trinajstić information content (AvgIpc) is 3.34. The van der Waals surface area contributed by atoms with Crippen molar-refractivity contribution in [3.63, 3.8) is 0 Å². The van der Waals surface area contributed by atoms with Gasteiger partial charge in [0.15, 0.2) is 17.5 Å². The molecule has 9 heteroatoms. The number of aromatic nitrogens is 2. The Bertz CT molecular complexity index is 1940. The first-order valence-corrected chi connectivity index (χ1v) is 13.7. The minimum Gasteiger partial charge on any atom is -0.337 e. The molecule has 3 heterocycles. The lowest BCUT2D eigenvalue weighted by Crippen LogP contribution is -2.46. The molecule has 7 rings (SSSR count). The van der Waals surface area contributed by atoms with Gasteiger partial charge < -0.3 is 10.2 Å². The van der Waals surface area contributed by atoms with E-state index in [0.717, 1.165) is 45.1 Å². The van der Waals surface area contributed by atoms with Gasteiger partial charge in [0.05, 0.1) is 33.7 Å².